The summed E-state index contributed by atoms with van der Waals surface area (Å²) in [6, 6.07) is 10.0. The molecule has 1 aromatic carbocycles. The molecular weight excluding hydrogens is 234 g/mol. The van der Waals surface area contributed by atoms with Crippen molar-refractivity contribution in [3.63, 3.8) is 0 Å². The van der Waals surface area contributed by atoms with Crippen LogP contribution in [-0.2, 0) is 6.54 Å². The van der Waals surface area contributed by atoms with E-state index in [9.17, 15) is 0 Å². The maximum absolute atomic E-state index is 6.08. The number of rotatable bonds is 4. The van der Waals surface area contributed by atoms with Crippen molar-refractivity contribution in [2.75, 3.05) is 12.3 Å². The molecule has 1 saturated carbocycles. The van der Waals surface area contributed by atoms with E-state index in [1.54, 1.807) is 0 Å². The Kier molecular flexibility index (Phi) is 2.94. The summed E-state index contributed by atoms with van der Waals surface area (Å²) in [6.07, 6.45) is 1.33. The van der Waals surface area contributed by atoms with Crippen molar-refractivity contribution in [1.82, 2.24) is 10.3 Å². The quantitative estimate of drug-likeness (QED) is 0.883. The van der Waals surface area contributed by atoms with Gasteiger partial charge in [0.15, 0.2) is 0 Å². The fraction of sp³-hybridized carbons (Fsp3) is 0.438. The van der Waals surface area contributed by atoms with Crippen LogP contribution in [-0.4, -0.2) is 11.5 Å². The van der Waals surface area contributed by atoms with Gasteiger partial charge in [0.25, 0.3) is 0 Å². The Morgan fingerprint density at radius 1 is 1.37 bits per heavy atom. The molecule has 1 atom stereocenters. The van der Waals surface area contributed by atoms with Gasteiger partial charge in [-0.25, -0.2) is 0 Å². The van der Waals surface area contributed by atoms with Crippen molar-refractivity contribution in [3.05, 3.63) is 36.0 Å². The van der Waals surface area contributed by atoms with E-state index < -0.39 is 0 Å². The summed E-state index contributed by atoms with van der Waals surface area (Å²) in [6.45, 7) is 6.51. The van der Waals surface area contributed by atoms with Crippen LogP contribution >= 0.6 is 0 Å². The average molecular weight is 255 g/mol. The number of fused-ring (bicyclic) bond motifs is 1. The maximum Gasteiger partial charge on any atom is 0.0726 e. The third kappa shape index (κ3) is 2.56. The van der Waals surface area contributed by atoms with E-state index >= 15 is 0 Å². The van der Waals surface area contributed by atoms with Crippen LogP contribution in [0.1, 0.15) is 26.0 Å². The second-order valence-electron chi connectivity index (χ2n) is 6.24. The molecule has 3 heteroatoms. The number of aromatic nitrogens is 1. The van der Waals surface area contributed by atoms with E-state index in [-0.39, 0.29) is 0 Å². The first-order valence-corrected chi connectivity index (χ1v) is 6.91. The third-order valence-corrected chi connectivity index (χ3v) is 4.22. The Morgan fingerprint density at radius 3 is 2.84 bits per heavy atom. The second kappa shape index (κ2) is 4.49. The van der Waals surface area contributed by atoms with E-state index in [0.717, 1.165) is 41.3 Å². The highest BCUT2D eigenvalue weighted by atomic mass is 14.9. The number of hydrogen-bond acceptors (Lipinski definition) is 3. The van der Waals surface area contributed by atoms with Crippen LogP contribution in [0.15, 0.2) is 30.3 Å². The van der Waals surface area contributed by atoms with Gasteiger partial charge in [-0.2, -0.15) is 0 Å². The molecule has 19 heavy (non-hydrogen) atoms. The van der Waals surface area contributed by atoms with Crippen LogP contribution in [0.4, 0.5) is 5.69 Å². The topological polar surface area (TPSA) is 50.9 Å². The minimum atomic E-state index is 0.531. The predicted molar refractivity (Wildman–Crippen MR) is 79.8 cm³/mol. The first kappa shape index (κ1) is 12.4. The zero-order valence-corrected chi connectivity index (χ0v) is 11.6. The van der Waals surface area contributed by atoms with Crippen molar-refractivity contribution in [3.8, 4) is 0 Å². The average Bonchev–Trinajstić information content (AvgIpc) is 2.97. The van der Waals surface area contributed by atoms with Crippen LogP contribution in [0.25, 0.3) is 10.9 Å². The standard InChI is InChI=1S/C16H21N3/c1-16(2)8-11(16)9-18-10-12-7-14(17)13-5-3-4-6-15(13)19-12/h3-7,11,18H,8-10H2,1-2H3,(H2,17,19). The summed E-state index contributed by atoms with van der Waals surface area (Å²) in [7, 11) is 0. The molecule has 1 aliphatic rings. The van der Waals surface area contributed by atoms with Crippen LogP contribution in [0, 0.1) is 11.3 Å². The smallest absolute Gasteiger partial charge is 0.0726 e. The number of para-hydroxylation sites is 1. The fourth-order valence-corrected chi connectivity index (χ4v) is 2.65. The molecule has 3 rings (SSSR count). The Labute approximate surface area is 114 Å². The number of nitrogens with zero attached hydrogens (tertiary/aromatic N) is 1. The summed E-state index contributed by atoms with van der Waals surface area (Å²) in [5, 5.41) is 4.53. The van der Waals surface area contributed by atoms with Crippen LogP contribution in [0.2, 0.25) is 0 Å². The molecule has 1 aromatic heterocycles. The first-order valence-electron chi connectivity index (χ1n) is 6.91. The number of pyridine rings is 1. The van der Waals surface area contributed by atoms with Gasteiger partial charge in [-0.1, -0.05) is 32.0 Å². The normalized spacial score (nSPS) is 20.6. The number of nitrogens with two attached hydrogens (primary N) is 1. The largest absolute Gasteiger partial charge is 0.398 e. The lowest BCUT2D eigenvalue weighted by Gasteiger charge is -2.08. The van der Waals surface area contributed by atoms with Gasteiger partial charge in [0.05, 0.1) is 11.2 Å². The van der Waals surface area contributed by atoms with Crippen molar-refractivity contribution < 1.29 is 0 Å². The molecule has 3 N–H and O–H groups in total. The minimum absolute atomic E-state index is 0.531. The molecule has 0 radical (unpaired) electrons. The van der Waals surface area contributed by atoms with Crippen LogP contribution in [0.3, 0.4) is 0 Å². The number of anilines is 1. The Balaban J connectivity index is 1.68. The van der Waals surface area contributed by atoms with Crippen molar-refractivity contribution >= 4 is 16.6 Å². The van der Waals surface area contributed by atoms with E-state index in [2.05, 4.69) is 24.1 Å². The van der Waals surface area contributed by atoms with Gasteiger partial charge in [0, 0.05) is 17.6 Å². The van der Waals surface area contributed by atoms with Gasteiger partial charge in [0.1, 0.15) is 0 Å². The lowest BCUT2D eigenvalue weighted by molar-refractivity contribution is 0.518. The summed E-state index contributed by atoms with van der Waals surface area (Å²) in [5.41, 5.74) is 9.42. The van der Waals surface area contributed by atoms with E-state index in [4.69, 9.17) is 5.73 Å². The summed E-state index contributed by atoms with van der Waals surface area (Å²) in [4.78, 5) is 4.65. The van der Waals surface area contributed by atoms with Gasteiger partial charge in [0.2, 0.25) is 0 Å². The maximum atomic E-state index is 6.08. The van der Waals surface area contributed by atoms with E-state index in [1.165, 1.54) is 6.42 Å². The van der Waals surface area contributed by atoms with E-state index in [0.29, 0.717) is 5.41 Å². The van der Waals surface area contributed by atoms with Crippen molar-refractivity contribution in [2.24, 2.45) is 11.3 Å². The summed E-state index contributed by atoms with van der Waals surface area (Å²) >= 11 is 0. The highest BCUT2D eigenvalue weighted by Gasteiger charge is 2.44. The number of hydrogen-bond donors (Lipinski definition) is 2. The summed E-state index contributed by atoms with van der Waals surface area (Å²) in [5.74, 6) is 0.810. The molecule has 2 aromatic rings. The molecule has 0 spiro atoms. The SMILES string of the molecule is CC1(C)CC1CNCc1cc(N)c2ccccc2n1. The number of nitrogens with one attached hydrogen (secondary N) is 1. The molecular formula is C16H21N3. The van der Waals surface area contributed by atoms with Gasteiger partial charge < -0.3 is 11.1 Å². The lowest BCUT2D eigenvalue weighted by atomic mass is 10.1. The Bertz CT molecular complexity index is 604. The molecule has 0 aliphatic heterocycles. The third-order valence-electron chi connectivity index (χ3n) is 4.22. The zero-order valence-electron chi connectivity index (χ0n) is 11.6. The molecule has 0 saturated heterocycles. The molecule has 100 valence electrons. The van der Waals surface area contributed by atoms with Gasteiger partial charge in [-0.15, -0.1) is 0 Å². The van der Waals surface area contributed by atoms with Crippen molar-refractivity contribution in [1.29, 1.82) is 0 Å². The lowest BCUT2D eigenvalue weighted by Crippen LogP contribution is -2.19. The monoisotopic (exact) mass is 255 g/mol. The number of nitrogen functional groups attached to an aromatic ring is 1. The minimum Gasteiger partial charge on any atom is -0.398 e. The van der Waals surface area contributed by atoms with Crippen LogP contribution < -0.4 is 11.1 Å². The van der Waals surface area contributed by atoms with Gasteiger partial charge in [-0.05, 0) is 36.4 Å². The highest BCUT2D eigenvalue weighted by Crippen LogP contribution is 2.50. The second-order valence-corrected chi connectivity index (χ2v) is 6.24. The number of benzene rings is 1. The zero-order chi connectivity index (χ0) is 13.5. The van der Waals surface area contributed by atoms with Crippen LogP contribution in [0.5, 0.6) is 0 Å². The first-order chi connectivity index (χ1) is 9.06. The molecule has 3 nitrogen and oxygen atoms in total. The fourth-order valence-electron chi connectivity index (χ4n) is 2.65. The van der Waals surface area contributed by atoms with Gasteiger partial charge >= 0.3 is 0 Å². The molecule has 0 bridgehead atoms. The molecule has 1 unspecified atom stereocenters. The Hall–Kier alpha value is -1.61. The molecule has 1 fully saturated rings. The van der Waals surface area contributed by atoms with Crippen molar-refractivity contribution in [2.45, 2.75) is 26.8 Å². The Morgan fingerprint density at radius 2 is 2.11 bits per heavy atom. The highest BCUT2D eigenvalue weighted by molar-refractivity contribution is 5.90. The molecule has 1 heterocycles. The van der Waals surface area contributed by atoms with E-state index in [1.807, 2.05) is 30.3 Å². The predicted octanol–water partition coefficient (Wildman–Crippen LogP) is 2.95. The van der Waals surface area contributed by atoms with Gasteiger partial charge in [-0.3, -0.25) is 4.98 Å². The molecule has 1 aliphatic carbocycles. The summed E-state index contributed by atoms with van der Waals surface area (Å²) < 4.78 is 0. The molecule has 0 amide bonds.